The Morgan fingerprint density at radius 1 is 0.789 bits per heavy atom. The van der Waals surface area contributed by atoms with E-state index in [-0.39, 0.29) is 46.7 Å². The molecule has 1 unspecified atom stereocenters. The van der Waals surface area contributed by atoms with Crippen LogP contribution in [0.2, 0.25) is 5.02 Å². The lowest BCUT2D eigenvalue weighted by molar-refractivity contribution is -0.136. The number of carbonyl (C=O) groups excluding carboxylic acids is 5. The first-order valence-corrected chi connectivity index (χ1v) is 26.4. The molecular formula is C49H59ClN12O8S. The SMILES string of the molecule is COc1cc(N2CCC(N3CCN(C(=O)CCCCN4CCN(c5ccc6c(c5)C(=O)N(C5CCC(=O)NC5=O)C6=O)CC4)CC3)CC2)ccc1Nc1ncc(Cl)c(Nc2ccccc2NS(C)(=O)=O)n1. The van der Waals surface area contributed by atoms with Crippen molar-refractivity contribution in [2.45, 2.75) is 57.0 Å². The maximum Gasteiger partial charge on any atom is 0.262 e. The van der Waals surface area contributed by atoms with Crippen molar-refractivity contribution in [2.24, 2.45) is 0 Å². The van der Waals surface area contributed by atoms with Crippen LogP contribution in [0.4, 0.5) is 40.2 Å². The molecule has 20 nitrogen and oxygen atoms in total. The van der Waals surface area contributed by atoms with Gasteiger partial charge in [0.05, 0.1) is 47.8 Å². The van der Waals surface area contributed by atoms with E-state index in [4.69, 9.17) is 16.3 Å². The normalized spacial score (nSPS) is 19.5. The van der Waals surface area contributed by atoms with Crippen molar-refractivity contribution in [1.29, 1.82) is 0 Å². The van der Waals surface area contributed by atoms with E-state index in [1.54, 1.807) is 43.5 Å². The number of unbranched alkanes of at least 4 members (excludes halogenated alkanes) is 1. The smallest absolute Gasteiger partial charge is 0.262 e. The van der Waals surface area contributed by atoms with Crippen LogP contribution in [-0.2, 0) is 24.4 Å². The quantitative estimate of drug-likeness (QED) is 0.0896. The van der Waals surface area contributed by atoms with Crippen LogP contribution in [0.3, 0.4) is 0 Å². The molecule has 71 heavy (non-hydrogen) atoms. The number of aromatic nitrogens is 2. The van der Waals surface area contributed by atoms with Crippen LogP contribution in [0.25, 0.3) is 0 Å². The van der Waals surface area contributed by atoms with Gasteiger partial charge in [-0.2, -0.15) is 4.98 Å². The summed E-state index contributed by atoms with van der Waals surface area (Å²) in [6, 6.07) is 17.6. The number of ether oxygens (including phenoxy) is 1. The number of hydrogen-bond acceptors (Lipinski definition) is 16. The van der Waals surface area contributed by atoms with E-state index in [0.717, 1.165) is 120 Å². The van der Waals surface area contributed by atoms with E-state index in [0.29, 0.717) is 35.3 Å². The molecule has 5 aliphatic heterocycles. The van der Waals surface area contributed by atoms with Crippen LogP contribution in [-0.4, -0.2) is 165 Å². The number of imide groups is 2. The molecule has 0 bridgehead atoms. The topological polar surface area (TPSA) is 222 Å². The van der Waals surface area contributed by atoms with E-state index in [9.17, 15) is 32.4 Å². The first-order chi connectivity index (χ1) is 34.2. The first kappa shape index (κ1) is 49.4. The lowest BCUT2D eigenvalue weighted by atomic mass is 10.0. The van der Waals surface area contributed by atoms with Crippen molar-refractivity contribution in [3.63, 3.8) is 0 Å². The molecule has 6 heterocycles. The van der Waals surface area contributed by atoms with Crippen LogP contribution in [0.1, 0.15) is 65.7 Å². The molecule has 0 radical (unpaired) electrons. The van der Waals surface area contributed by atoms with Gasteiger partial charge in [-0.25, -0.2) is 13.4 Å². The molecule has 5 amide bonds. The Labute approximate surface area is 418 Å². The van der Waals surface area contributed by atoms with Gasteiger partial charge in [0, 0.05) is 102 Å². The number of nitrogens with zero attached hydrogens (tertiary/aromatic N) is 8. The lowest BCUT2D eigenvalue weighted by Gasteiger charge is -2.43. The number of amides is 5. The monoisotopic (exact) mass is 1010 g/mol. The number of anilines is 7. The minimum atomic E-state index is -3.52. The summed E-state index contributed by atoms with van der Waals surface area (Å²) < 4.78 is 32.1. The first-order valence-electron chi connectivity index (χ1n) is 24.1. The van der Waals surface area contributed by atoms with Crippen LogP contribution in [0, 0.1) is 0 Å². The van der Waals surface area contributed by atoms with Crippen molar-refractivity contribution < 1.29 is 37.1 Å². The molecule has 3 aromatic carbocycles. The third-order valence-electron chi connectivity index (χ3n) is 13.9. The molecule has 376 valence electrons. The molecule has 22 heteroatoms. The standard InChI is InChI=1S/C49H59ClN12O8S/c1-70-42-30-34(11-13-40(42)53-49-51-31-37(50)45(55-49)52-38-7-3-4-8-39(38)56-71(2,68)69)58-19-16-32(17-20-58)59-25-27-61(28-26-59)44(64)9-5-6-18-57-21-23-60(24-22-57)33-10-12-35-36(29-33)48(67)62(47(35)66)41-14-15-43(63)54-46(41)65/h3-4,7-8,10-13,29-32,41,56H,5-6,9,14-28H2,1-2H3,(H,54,63,65)(H2,51,52,53,55). The van der Waals surface area contributed by atoms with Gasteiger partial charge in [-0.3, -0.25) is 48.7 Å². The van der Waals surface area contributed by atoms with E-state index < -0.39 is 39.7 Å². The fourth-order valence-electron chi connectivity index (χ4n) is 10.1. The van der Waals surface area contributed by atoms with Gasteiger partial charge in [-0.15, -0.1) is 0 Å². The fourth-order valence-corrected chi connectivity index (χ4v) is 10.8. The van der Waals surface area contributed by atoms with E-state index in [1.807, 2.05) is 29.2 Å². The van der Waals surface area contributed by atoms with Crippen LogP contribution in [0.15, 0.2) is 66.9 Å². The van der Waals surface area contributed by atoms with Gasteiger partial charge >= 0.3 is 0 Å². The third kappa shape index (κ3) is 11.5. The molecule has 1 aromatic heterocycles. The number of piperazine rings is 2. The van der Waals surface area contributed by atoms with Gasteiger partial charge in [-0.05, 0) is 81.1 Å². The number of sulfonamides is 1. The zero-order chi connectivity index (χ0) is 49.8. The van der Waals surface area contributed by atoms with E-state index in [1.165, 1.54) is 6.20 Å². The number of para-hydroxylation sites is 2. The number of nitrogens with one attached hydrogen (secondary N) is 4. The summed E-state index contributed by atoms with van der Waals surface area (Å²) in [6.07, 6.45) is 7.09. The minimum Gasteiger partial charge on any atom is -0.494 e. The number of methoxy groups -OCH3 is 1. The second-order valence-corrected chi connectivity index (χ2v) is 20.7. The molecule has 4 fully saturated rings. The fraction of sp³-hybridized carbons (Fsp3) is 0.449. The molecule has 0 spiro atoms. The molecule has 0 aliphatic carbocycles. The zero-order valence-corrected chi connectivity index (χ0v) is 41.4. The Hall–Kier alpha value is -6.55. The predicted molar refractivity (Wildman–Crippen MR) is 271 cm³/mol. The average Bonchev–Trinajstić information content (AvgIpc) is 3.61. The van der Waals surface area contributed by atoms with Crippen molar-refractivity contribution >= 4 is 91.4 Å². The number of hydrogen-bond donors (Lipinski definition) is 4. The van der Waals surface area contributed by atoms with Crippen molar-refractivity contribution in [3.8, 4) is 5.75 Å². The summed E-state index contributed by atoms with van der Waals surface area (Å²) in [6.45, 7) is 9.13. The number of carbonyl (C=O) groups is 5. The number of benzene rings is 3. The summed E-state index contributed by atoms with van der Waals surface area (Å²) in [4.78, 5) is 85.3. The molecule has 5 aliphatic rings. The van der Waals surface area contributed by atoms with Crippen molar-refractivity contribution in [3.05, 3.63) is 83.0 Å². The zero-order valence-electron chi connectivity index (χ0n) is 39.9. The molecule has 4 aromatic rings. The van der Waals surface area contributed by atoms with E-state index in [2.05, 4.69) is 50.2 Å². The maximum absolute atomic E-state index is 13.3. The average molecular weight is 1010 g/mol. The number of rotatable bonds is 16. The Balaban J connectivity index is 0.676. The van der Waals surface area contributed by atoms with Crippen LogP contribution >= 0.6 is 11.6 Å². The van der Waals surface area contributed by atoms with E-state index >= 15 is 0 Å². The van der Waals surface area contributed by atoms with Gasteiger partial charge in [0.25, 0.3) is 11.8 Å². The number of fused-ring (bicyclic) bond motifs is 1. The van der Waals surface area contributed by atoms with Gasteiger partial charge in [0.1, 0.15) is 16.8 Å². The van der Waals surface area contributed by atoms with Crippen LogP contribution in [0.5, 0.6) is 5.75 Å². The van der Waals surface area contributed by atoms with Gasteiger partial charge in [-0.1, -0.05) is 23.7 Å². The highest BCUT2D eigenvalue weighted by atomic mass is 35.5. The number of halogens is 1. The van der Waals surface area contributed by atoms with Gasteiger partial charge in [0.15, 0.2) is 5.82 Å². The minimum absolute atomic E-state index is 0.0805. The number of piperidine rings is 2. The van der Waals surface area contributed by atoms with Gasteiger partial charge in [0.2, 0.25) is 33.7 Å². The summed E-state index contributed by atoms with van der Waals surface area (Å²) in [7, 11) is -1.90. The highest BCUT2D eigenvalue weighted by molar-refractivity contribution is 7.92. The van der Waals surface area contributed by atoms with Gasteiger partial charge < -0.3 is 30.1 Å². The molecular weight excluding hydrogens is 952 g/mol. The molecule has 9 rings (SSSR count). The third-order valence-corrected chi connectivity index (χ3v) is 14.8. The summed E-state index contributed by atoms with van der Waals surface area (Å²) >= 11 is 6.44. The Kier molecular flexibility index (Phi) is 14.9. The summed E-state index contributed by atoms with van der Waals surface area (Å²) in [5, 5.41) is 8.83. The Bertz CT molecular complexity index is 2800. The molecule has 0 saturated carbocycles. The Morgan fingerprint density at radius 3 is 2.20 bits per heavy atom. The maximum atomic E-state index is 13.3. The second-order valence-electron chi connectivity index (χ2n) is 18.5. The predicted octanol–water partition coefficient (Wildman–Crippen LogP) is 4.50. The summed E-state index contributed by atoms with van der Waals surface area (Å²) in [5.74, 6) is -0.624. The Morgan fingerprint density at radius 2 is 1.48 bits per heavy atom. The largest absolute Gasteiger partial charge is 0.494 e. The molecule has 4 saturated heterocycles. The highest BCUT2D eigenvalue weighted by Crippen LogP contribution is 2.36. The van der Waals surface area contributed by atoms with Crippen LogP contribution < -0.4 is 35.2 Å². The van der Waals surface area contributed by atoms with Crippen molar-refractivity contribution in [1.82, 2.24) is 34.9 Å². The van der Waals surface area contributed by atoms with Crippen molar-refractivity contribution in [2.75, 3.05) is 111 Å². The molecule has 4 N–H and O–H groups in total. The lowest BCUT2D eigenvalue weighted by Crippen LogP contribution is -2.54. The summed E-state index contributed by atoms with van der Waals surface area (Å²) in [5.41, 5.74) is 3.96. The second kappa shape index (κ2) is 21.4. The highest BCUT2D eigenvalue weighted by Gasteiger charge is 2.45. The molecule has 1 atom stereocenters.